The minimum Gasteiger partial charge on any atom is -0.466 e. The van der Waals surface area contributed by atoms with Gasteiger partial charge in [0, 0.05) is 11.5 Å². The third kappa shape index (κ3) is 15.7. The van der Waals surface area contributed by atoms with Gasteiger partial charge in [-0.1, -0.05) is 122 Å². The van der Waals surface area contributed by atoms with Crippen molar-refractivity contribution in [3.8, 4) is 0 Å². The fourth-order valence-electron chi connectivity index (χ4n) is 4.10. The van der Waals surface area contributed by atoms with Gasteiger partial charge in [-0.05, 0) is 25.0 Å². The number of ether oxygens (including phenoxy) is 1. The van der Waals surface area contributed by atoms with Crippen molar-refractivity contribution in [3.63, 3.8) is 0 Å². The molecular formula is C29H51O4P. The molecule has 0 radical (unpaired) electrons. The lowest BCUT2D eigenvalue weighted by molar-refractivity contribution is -0.143. The van der Waals surface area contributed by atoms with Crippen molar-refractivity contribution in [2.45, 2.75) is 123 Å². The number of carbonyl (C=O) groups is 1. The van der Waals surface area contributed by atoms with E-state index in [1.165, 1.54) is 77.0 Å². The Hall–Kier alpha value is -1.12. The van der Waals surface area contributed by atoms with Crippen LogP contribution in [0.25, 0.3) is 0 Å². The summed E-state index contributed by atoms with van der Waals surface area (Å²) in [7, 11) is -3.06. The van der Waals surface area contributed by atoms with Gasteiger partial charge in [0.05, 0.1) is 19.6 Å². The summed E-state index contributed by atoms with van der Waals surface area (Å²) in [6, 6.07) is 9.36. The molecule has 0 N–H and O–H groups in total. The maximum atomic E-state index is 13.6. The van der Waals surface area contributed by atoms with E-state index in [1.807, 2.05) is 30.3 Å². The molecule has 5 heteroatoms. The quantitative estimate of drug-likeness (QED) is 0.0866. The lowest BCUT2D eigenvalue weighted by Gasteiger charge is -2.19. The minimum atomic E-state index is -3.06. The zero-order chi connectivity index (χ0) is 24.7. The smallest absolute Gasteiger partial charge is 0.306 e. The van der Waals surface area contributed by atoms with Gasteiger partial charge in [-0.25, -0.2) is 0 Å². The fraction of sp³-hybridized carbons (Fsp3) is 0.759. The van der Waals surface area contributed by atoms with Crippen molar-refractivity contribution in [1.82, 2.24) is 0 Å². The van der Waals surface area contributed by atoms with Crippen molar-refractivity contribution in [1.29, 1.82) is 0 Å². The Labute approximate surface area is 210 Å². The van der Waals surface area contributed by atoms with Gasteiger partial charge in [-0.15, -0.1) is 0 Å². The highest BCUT2D eigenvalue weighted by atomic mass is 31.2. The SMILES string of the molecule is CCCCCCCCCCOC(=O)CCP(=O)(OCCCCCCCCCC)c1ccccc1. The normalized spacial score (nSPS) is 13.0. The molecule has 1 rings (SSSR count). The molecule has 0 aliphatic heterocycles. The molecule has 196 valence electrons. The molecule has 0 bridgehead atoms. The summed E-state index contributed by atoms with van der Waals surface area (Å²) < 4.78 is 25.0. The Morgan fingerprint density at radius 2 is 1.15 bits per heavy atom. The zero-order valence-corrected chi connectivity index (χ0v) is 23.0. The molecule has 4 nitrogen and oxygen atoms in total. The predicted molar refractivity (Wildman–Crippen MR) is 145 cm³/mol. The summed E-state index contributed by atoms with van der Waals surface area (Å²) in [4.78, 5) is 12.3. The Balaban J connectivity index is 2.28. The van der Waals surface area contributed by atoms with Crippen LogP contribution in [0.4, 0.5) is 0 Å². The average molecular weight is 495 g/mol. The number of benzene rings is 1. The maximum Gasteiger partial charge on any atom is 0.306 e. The second-order valence-electron chi connectivity index (χ2n) is 9.49. The molecule has 0 fully saturated rings. The standard InChI is InChI=1S/C29H51O4P/c1-3-5-7-9-11-13-15-20-25-32-29(30)24-27-34(31,28-22-18-17-19-23-28)33-26-21-16-14-12-10-8-6-4-2/h17-19,22-23H,3-16,20-21,24-27H2,1-2H3. The molecule has 0 aliphatic carbocycles. The van der Waals surface area contributed by atoms with Gasteiger partial charge >= 0.3 is 5.97 Å². The van der Waals surface area contributed by atoms with Crippen LogP contribution >= 0.6 is 7.37 Å². The van der Waals surface area contributed by atoms with Crippen molar-refractivity contribution in [2.75, 3.05) is 19.4 Å². The molecule has 1 unspecified atom stereocenters. The number of hydrogen-bond donors (Lipinski definition) is 0. The van der Waals surface area contributed by atoms with E-state index in [9.17, 15) is 9.36 Å². The third-order valence-electron chi connectivity index (χ3n) is 6.32. The van der Waals surface area contributed by atoms with Crippen molar-refractivity contribution in [3.05, 3.63) is 30.3 Å². The number of esters is 1. The van der Waals surface area contributed by atoms with Crippen LogP contribution < -0.4 is 5.30 Å². The molecule has 0 aliphatic rings. The Bertz CT molecular complexity index is 647. The molecule has 0 heterocycles. The monoisotopic (exact) mass is 494 g/mol. The van der Waals surface area contributed by atoms with Crippen LogP contribution in [0.2, 0.25) is 0 Å². The lowest BCUT2D eigenvalue weighted by Crippen LogP contribution is -2.15. The van der Waals surface area contributed by atoms with Gasteiger partial charge in [0.25, 0.3) is 0 Å². The van der Waals surface area contributed by atoms with Crippen molar-refractivity contribution < 1.29 is 18.6 Å². The first-order valence-corrected chi connectivity index (χ1v) is 15.9. The van der Waals surface area contributed by atoms with Gasteiger partial charge in [-0.3, -0.25) is 9.36 Å². The lowest BCUT2D eigenvalue weighted by atomic mass is 10.1. The van der Waals surface area contributed by atoms with Crippen LogP contribution in [0.5, 0.6) is 0 Å². The number of unbranched alkanes of at least 4 members (excludes halogenated alkanes) is 14. The summed E-state index contributed by atoms with van der Waals surface area (Å²) in [6.07, 6.45) is 19.8. The van der Waals surface area contributed by atoms with Crippen molar-refractivity contribution >= 4 is 18.6 Å². The second kappa shape index (κ2) is 21.2. The summed E-state index contributed by atoms with van der Waals surface area (Å²) in [5.74, 6) is -0.269. The summed E-state index contributed by atoms with van der Waals surface area (Å²) in [5.41, 5.74) is 0. The molecule has 0 saturated heterocycles. The molecule has 0 spiro atoms. The second-order valence-corrected chi connectivity index (χ2v) is 12.1. The largest absolute Gasteiger partial charge is 0.466 e. The van der Waals surface area contributed by atoms with Crippen LogP contribution in [-0.2, 0) is 18.6 Å². The number of hydrogen-bond acceptors (Lipinski definition) is 4. The molecule has 0 amide bonds. The van der Waals surface area contributed by atoms with Crippen LogP contribution in [0.15, 0.2) is 30.3 Å². The van der Waals surface area contributed by atoms with Gasteiger partial charge in [0.1, 0.15) is 0 Å². The number of rotatable bonds is 23. The van der Waals surface area contributed by atoms with Gasteiger partial charge in [-0.2, -0.15) is 0 Å². The van der Waals surface area contributed by atoms with Gasteiger partial charge in [0.2, 0.25) is 7.37 Å². The van der Waals surface area contributed by atoms with Gasteiger partial charge < -0.3 is 9.26 Å². The predicted octanol–water partition coefficient (Wildman–Crippen LogP) is 8.82. The molecular weight excluding hydrogens is 443 g/mol. The molecule has 0 aromatic heterocycles. The van der Waals surface area contributed by atoms with E-state index in [1.54, 1.807) is 0 Å². The minimum absolute atomic E-state index is 0.140. The maximum absolute atomic E-state index is 13.6. The average Bonchev–Trinajstić information content (AvgIpc) is 2.86. The van der Waals surface area contributed by atoms with Crippen LogP contribution in [0.1, 0.15) is 123 Å². The highest BCUT2D eigenvalue weighted by Crippen LogP contribution is 2.46. The third-order valence-corrected chi connectivity index (χ3v) is 8.82. The zero-order valence-electron chi connectivity index (χ0n) is 22.1. The highest BCUT2D eigenvalue weighted by Gasteiger charge is 2.27. The molecule has 1 atom stereocenters. The fourth-order valence-corrected chi connectivity index (χ4v) is 6.17. The van der Waals surface area contributed by atoms with Crippen LogP contribution in [0, 0.1) is 0 Å². The van der Waals surface area contributed by atoms with Gasteiger partial charge in [0.15, 0.2) is 0 Å². The Kier molecular flexibility index (Phi) is 19.3. The first kappa shape index (κ1) is 30.9. The van der Waals surface area contributed by atoms with Crippen molar-refractivity contribution in [2.24, 2.45) is 0 Å². The molecule has 0 saturated carbocycles. The van der Waals surface area contributed by atoms with E-state index in [4.69, 9.17) is 9.26 Å². The van der Waals surface area contributed by atoms with E-state index < -0.39 is 7.37 Å². The van der Waals surface area contributed by atoms with E-state index in [-0.39, 0.29) is 18.6 Å². The molecule has 1 aromatic rings. The first-order valence-electron chi connectivity index (χ1n) is 14.1. The van der Waals surface area contributed by atoms with E-state index >= 15 is 0 Å². The van der Waals surface area contributed by atoms with Crippen LogP contribution in [0.3, 0.4) is 0 Å². The van der Waals surface area contributed by atoms with E-state index in [0.717, 1.165) is 25.7 Å². The van der Waals surface area contributed by atoms with E-state index in [0.29, 0.717) is 18.5 Å². The summed E-state index contributed by atoms with van der Waals surface area (Å²) in [5, 5.41) is 0.699. The van der Waals surface area contributed by atoms with Crippen LogP contribution in [-0.4, -0.2) is 25.3 Å². The summed E-state index contributed by atoms with van der Waals surface area (Å²) in [6.45, 7) is 5.41. The Morgan fingerprint density at radius 3 is 1.68 bits per heavy atom. The topological polar surface area (TPSA) is 52.6 Å². The van der Waals surface area contributed by atoms with E-state index in [2.05, 4.69) is 13.8 Å². The first-order chi connectivity index (χ1) is 16.6. The summed E-state index contributed by atoms with van der Waals surface area (Å²) >= 11 is 0. The number of carbonyl (C=O) groups excluding carboxylic acids is 1. The highest BCUT2D eigenvalue weighted by molar-refractivity contribution is 7.67. The molecule has 34 heavy (non-hydrogen) atoms. The Morgan fingerprint density at radius 1 is 0.676 bits per heavy atom. The molecule has 1 aromatic carbocycles.